The summed E-state index contributed by atoms with van der Waals surface area (Å²) < 4.78 is 32.8. The van der Waals surface area contributed by atoms with Crippen LogP contribution in [-0.4, -0.2) is 57.8 Å². The van der Waals surface area contributed by atoms with E-state index in [1.54, 1.807) is 0 Å². The van der Waals surface area contributed by atoms with Crippen molar-refractivity contribution in [1.82, 2.24) is 5.32 Å². The Labute approximate surface area is 107 Å². The molecule has 2 unspecified atom stereocenters. The second-order valence-corrected chi connectivity index (χ2v) is 7.03. The van der Waals surface area contributed by atoms with Gasteiger partial charge >= 0.3 is 5.97 Å². The highest BCUT2D eigenvalue weighted by Crippen LogP contribution is 2.12. The first kappa shape index (κ1) is 13.8. The van der Waals surface area contributed by atoms with E-state index in [1.165, 1.54) is 0 Å². The Balaban J connectivity index is 1.60. The van der Waals surface area contributed by atoms with Crippen molar-refractivity contribution in [3.05, 3.63) is 0 Å². The van der Waals surface area contributed by atoms with Gasteiger partial charge in [-0.1, -0.05) is 0 Å². The van der Waals surface area contributed by atoms with E-state index in [9.17, 15) is 13.2 Å². The zero-order valence-corrected chi connectivity index (χ0v) is 11.1. The third-order valence-corrected chi connectivity index (χ3v) is 4.99. The lowest BCUT2D eigenvalue weighted by Gasteiger charge is -2.12. The van der Waals surface area contributed by atoms with E-state index in [-0.39, 0.29) is 36.2 Å². The zero-order valence-electron chi connectivity index (χ0n) is 10.3. The molecular formula is C11H19NO5S. The van der Waals surface area contributed by atoms with Crippen LogP contribution in [0.5, 0.6) is 0 Å². The minimum atomic E-state index is -2.90. The highest BCUT2D eigenvalue weighted by molar-refractivity contribution is 7.91. The fraction of sp³-hybridized carbons (Fsp3) is 0.909. The van der Waals surface area contributed by atoms with Gasteiger partial charge in [-0.2, -0.15) is 0 Å². The summed E-state index contributed by atoms with van der Waals surface area (Å²) in [5, 5.41) is 2.92. The maximum Gasteiger partial charge on any atom is 0.320 e. The van der Waals surface area contributed by atoms with E-state index in [0.717, 1.165) is 19.4 Å². The molecule has 2 aliphatic rings. The average Bonchev–Trinajstić information content (AvgIpc) is 2.93. The molecule has 6 nitrogen and oxygen atoms in total. The van der Waals surface area contributed by atoms with Crippen LogP contribution in [0.25, 0.3) is 0 Å². The molecule has 1 N–H and O–H groups in total. The van der Waals surface area contributed by atoms with Crippen molar-refractivity contribution in [2.24, 2.45) is 0 Å². The topological polar surface area (TPSA) is 81.7 Å². The molecule has 0 amide bonds. The third kappa shape index (κ3) is 4.22. The van der Waals surface area contributed by atoms with Gasteiger partial charge in [-0.3, -0.25) is 4.79 Å². The van der Waals surface area contributed by atoms with Crippen LogP contribution >= 0.6 is 0 Å². The van der Waals surface area contributed by atoms with E-state index < -0.39 is 9.84 Å². The van der Waals surface area contributed by atoms with Crippen molar-refractivity contribution in [3.8, 4) is 0 Å². The van der Waals surface area contributed by atoms with Gasteiger partial charge in [0.2, 0.25) is 0 Å². The Hall–Kier alpha value is -0.660. The maximum absolute atomic E-state index is 11.4. The van der Waals surface area contributed by atoms with Gasteiger partial charge in [-0.15, -0.1) is 0 Å². The zero-order chi connectivity index (χ0) is 13.0. The molecule has 2 rings (SSSR count). The smallest absolute Gasteiger partial charge is 0.320 e. The number of nitrogens with one attached hydrogen (secondary N) is 1. The first-order valence-electron chi connectivity index (χ1n) is 6.26. The molecule has 0 aromatic rings. The van der Waals surface area contributed by atoms with E-state index in [4.69, 9.17) is 9.47 Å². The summed E-state index contributed by atoms with van der Waals surface area (Å²) >= 11 is 0. The first-order valence-corrected chi connectivity index (χ1v) is 8.08. The molecule has 0 radical (unpaired) electrons. The summed E-state index contributed by atoms with van der Waals surface area (Å²) in [6.07, 6.45) is 2.55. The summed E-state index contributed by atoms with van der Waals surface area (Å²) in [6.45, 7) is 1.09. The Morgan fingerprint density at radius 3 is 2.83 bits per heavy atom. The number of carbonyl (C=O) groups is 1. The highest BCUT2D eigenvalue weighted by atomic mass is 32.2. The molecule has 2 fully saturated rings. The predicted molar refractivity (Wildman–Crippen MR) is 65.0 cm³/mol. The SMILES string of the molecule is O=C(CNC1CCS(=O)(=O)C1)OCC1CCCO1. The average molecular weight is 277 g/mol. The maximum atomic E-state index is 11.4. The third-order valence-electron chi connectivity index (χ3n) is 3.22. The van der Waals surface area contributed by atoms with Crippen molar-refractivity contribution in [2.75, 3.05) is 31.3 Å². The van der Waals surface area contributed by atoms with Crippen molar-refractivity contribution < 1.29 is 22.7 Å². The number of esters is 1. The Kier molecular flexibility index (Phi) is 4.58. The highest BCUT2D eigenvalue weighted by Gasteiger charge is 2.28. The van der Waals surface area contributed by atoms with Crippen molar-refractivity contribution >= 4 is 15.8 Å². The Bertz CT molecular complexity index is 388. The number of sulfone groups is 1. The van der Waals surface area contributed by atoms with Crippen LogP contribution in [0, 0.1) is 0 Å². The lowest BCUT2D eigenvalue weighted by atomic mass is 10.2. The summed E-state index contributed by atoms with van der Waals surface area (Å²) in [4.78, 5) is 11.4. The van der Waals surface area contributed by atoms with Gasteiger partial charge in [0, 0.05) is 12.6 Å². The number of hydrogen-bond acceptors (Lipinski definition) is 6. The fourth-order valence-electron chi connectivity index (χ4n) is 2.20. The van der Waals surface area contributed by atoms with Crippen LogP contribution < -0.4 is 5.32 Å². The van der Waals surface area contributed by atoms with Crippen LogP contribution in [-0.2, 0) is 24.1 Å². The molecule has 0 saturated carbocycles. The Morgan fingerprint density at radius 2 is 2.22 bits per heavy atom. The first-order chi connectivity index (χ1) is 8.55. The largest absolute Gasteiger partial charge is 0.462 e. The van der Waals surface area contributed by atoms with Crippen LogP contribution in [0.15, 0.2) is 0 Å². The molecule has 2 atom stereocenters. The molecule has 18 heavy (non-hydrogen) atoms. The summed E-state index contributed by atoms with van der Waals surface area (Å²) in [5.41, 5.74) is 0. The molecule has 0 aromatic heterocycles. The van der Waals surface area contributed by atoms with E-state index >= 15 is 0 Å². The molecule has 0 bridgehead atoms. The molecule has 2 heterocycles. The molecule has 2 saturated heterocycles. The molecule has 0 spiro atoms. The lowest BCUT2D eigenvalue weighted by Crippen LogP contribution is -2.36. The number of ether oxygens (including phenoxy) is 2. The minimum absolute atomic E-state index is 0.0285. The minimum Gasteiger partial charge on any atom is -0.462 e. The van der Waals surface area contributed by atoms with E-state index in [0.29, 0.717) is 13.0 Å². The van der Waals surface area contributed by atoms with Gasteiger partial charge in [0.25, 0.3) is 0 Å². The van der Waals surface area contributed by atoms with Gasteiger partial charge in [0.05, 0.1) is 24.2 Å². The fourth-order valence-corrected chi connectivity index (χ4v) is 3.90. The summed E-state index contributed by atoms with van der Waals surface area (Å²) in [7, 11) is -2.90. The summed E-state index contributed by atoms with van der Waals surface area (Å²) in [5.74, 6) is -0.0310. The normalized spacial score (nSPS) is 30.4. The molecule has 104 valence electrons. The lowest BCUT2D eigenvalue weighted by molar-refractivity contribution is -0.145. The second kappa shape index (κ2) is 5.99. The van der Waals surface area contributed by atoms with Crippen LogP contribution in [0.4, 0.5) is 0 Å². The second-order valence-electron chi connectivity index (χ2n) is 4.80. The van der Waals surface area contributed by atoms with Gasteiger partial charge < -0.3 is 14.8 Å². The predicted octanol–water partition coefficient (Wildman–Crippen LogP) is -0.515. The molecule has 0 aliphatic carbocycles. The number of hydrogen-bond donors (Lipinski definition) is 1. The van der Waals surface area contributed by atoms with Gasteiger partial charge in [0.1, 0.15) is 6.61 Å². The van der Waals surface area contributed by atoms with E-state index in [1.807, 2.05) is 0 Å². The number of rotatable bonds is 5. The molecular weight excluding hydrogens is 258 g/mol. The Morgan fingerprint density at radius 1 is 1.39 bits per heavy atom. The van der Waals surface area contributed by atoms with Crippen molar-refractivity contribution in [2.45, 2.75) is 31.4 Å². The van der Waals surface area contributed by atoms with Gasteiger partial charge in [-0.05, 0) is 19.3 Å². The monoisotopic (exact) mass is 277 g/mol. The molecule has 2 aliphatic heterocycles. The van der Waals surface area contributed by atoms with Crippen molar-refractivity contribution in [3.63, 3.8) is 0 Å². The van der Waals surface area contributed by atoms with Crippen LogP contribution in [0.1, 0.15) is 19.3 Å². The molecule has 7 heteroatoms. The summed E-state index contributed by atoms with van der Waals surface area (Å²) in [6, 6.07) is -0.120. The van der Waals surface area contributed by atoms with Crippen LogP contribution in [0.3, 0.4) is 0 Å². The van der Waals surface area contributed by atoms with Crippen LogP contribution in [0.2, 0.25) is 0 Å². The standard InChI is InChI=1S/C11H19NO5S/c13-11(17-7-10-2-1-4-16-10)6-12-9-3-5-18(14,15)8-9/h9-10,12H,1-8H2. The number of carbonyl (C=O) groups excluding carboxylic acids is 1. The quantitative estimate of drug-likeness (QED) is 0.681. The van der Waals surface area contributed by atoms with Crippen molar-refractivity contribution in [1.29, 1.82) is 0 Å². The van der Waals surface area contributed by atoms with Gasteiger partial charge in [-0.25, -0.2) is 8.42 Å². The molecule has 0 aromatic carbocycles. The van der Waals surface area contributed by atoms with Gasteiger partial charge in [0.15, 0.2) is 9.84 Å². The van der Waals surface area contributed by atoms with E-state index in [2.05, 4.69) is 5.32 Å².